The van der Waals surface area contributed by atoms with Crippen LogP contribution in [0.5, 0.6) is 0 Å². The first kappa shape index (κ1) is 12.0. The second kappa shape index (κ2) is 4.63. The van der Waals surface area contributed by atoms with Crippen molar-refractivity contribution in [2.45, 2.75) is 18.9 Å². The topological polar surface area (TPSA) is 45.4 Å². The van der Waals surface area contributed by atoms with Crippen molar-refractivity contribution in [3.8, 4) is 0 Å². The van der Waals surface area contributed by atoms with Crippen molar-refractivity contribution < 1.29 is 0 Å². The van der Waals surface area contributed by atoms with Crippen molar-refractivity contribution in [3.63, 3.8) is 0 Å². The molecule has 0 atom stereocenters. The first-order valence-electron chi connectivity index (χ1n) is 7.44. The Kier molecular flexibility index (Phi) is 2.77. The molecule has 3 saturated heterocycles. The van der Waals surface area contributed by atoms with Crippen LogP contribution in [0.4, 0.5) is 11.4 Å². The molecule has 0 spiro atoms. The molecule has 104 valence electrons. The smallest absolute Gasteiger partial charge is 0.0705 e. The lowest BCUT2D eigenvalue weighted by Gasteiger charge is -2.32. The van der Waals surface area contributed by atoms with E-state index in [0.29, 0.717) is 6.04 Å². The molecule has 0 amide bonds. The van der Waals surface area contributed by atoms with Crippen molar-refractivity contribution in [3.05, 3.63) is 30.5 Å². The van der Waals surface area contributed by atoms with E-state index in [2.05, 4.69) is 20.9 Å². The van der Waals surface area contributed by atoms with Gasteiger partial charge in [0.25, 0.3) is 0 Å². The highest BCUT2D eigenvalue weighted by Gasteiger charge is 2.29. The number of nitrogen functional groups attached to an aromatic ring is 1. The number of nitrogens with zero attached hydrogens (tertiary/aromatic N) is 3. The van der Waals surface area contributed by atoms with Crippen LogP contribution in [0.3, 0.4) is 0 Å². The molecule has 1 aromatic heterocycles. The van der Waals surface area contributed by atoms with E-state index in [1.165, 1.54) is 38.2 Å². The Morgan fingerprint density at radius 1 is 1.05 bits per heavy atom. The number of anilines is 2. The first-order chi connectivity index (χ1) is 9.79. The van der Waals surface area contributed by atoms with Crippen LogP contribution in [-0.2, 0) is 0 Å². The predicted molar refractivity (Wildman–Crippen MR) is 83.0 cm³/mol. The fraction of sp³-hybridized carbons (Fsp3) is 0.438. The molecular formula is C16H20N4. The van der Waals surface area contributed by atoms with Crippen LogP contribution in [0, 0.1) is 0 Å². The summed E-state index contributed by atoms with van der Waals surface area (Å²) >= 11 is 0. The molecule has 1 aromatic carbocycles. The van der Waals surface area contributed by atoms with Crippen molar-refractivity contribution in [2.75, 3.05) is 36.8 Å². The van der Waals surface area contributed by atoms with E-state index in [9.17, 15) is 0 Å². The zero-order valence-electron chi connectivity index (χ0n) is 11.6. The number of hydrogen-bond donors (Lipinski definition) is 1. The molecule has 4 nitrogen and oxygen atoms in total. The van der Waals surface area contributed by atoms with Crippen LogP contribution < -0.4 is 10.6 Å². The number of hydrogen-bond acceptors (Lipinski definition) is 4. The molecule has 3 fully saturated rings. The summed E-state index contributed by atoms with van der Waals surface area (Å²) in [5.74, 6) is 0. The quantitative estimate of drug-likeness (QED) is 0.805. The number of rotatable bonds is 1. The summed E-state index contributed by atoms with van der Waals surface area (Å²) in [6.45, 7) is 4.77. The van der Waals surface area contributed by atoms with Crippen molar-refractivity contribution in [1.82, 2.24) is 9.88 Å². The normalized spacial score (nSPS) is 25.9. The van der Waals surface area contributed by atoms with E-state index in [4.69, 9.17) is 5.73 Å². The minimum atomic E-state index is 0.675. The van der Waals surface area contributed by atoms with Crippen LogP contribution in [0.15, 0.2) is 30.5 Å². The van der Waals surface area contributed by atoms with E-state index in [1.807, 2.05) is 24.4 Å². The molecule has 3 aliphatic rings. The lowest BCUT2D eigenvalue weighted by atomic mass is 10.0. The summed E-state index contributed by atoms with van der Waals surface area (Å²) in [7, 11) is 0. The van der Waals surface area contributed by atoms with Gasteiger partial charge in [0.15, 0.2) is 0 Å². The van der Waals surface area contributed by atoms with Gasteiger partial charge < -0.3 is 15.5 Å². The SMILES string of the molecule is Nc1ccc2ncc(N3CCN4CCC3CC4)cc2c1. The van der Waals surface area contributed by atoms with Crippen molar-refractivity contribution in [2.24, 2.45) is 0 Å². The highest BCUT2D eigenvalue weighted by atomic mass is 15.3. The predicted octanol–water partition coefficient (Wildman–Crippen LogP) is 2.10. The van der Waals surface area contributed by atoms with Gasteiger partial charge in [0.2, 0.25) is 0 Å². The minimum Gasteiger partial charge on any atom is -0.399 e. The Morgan fingerprint density at radius 2 is 1.90 bits per heavy atom. The summed E-state index contributed by atoms with van der Waals surface area (Å²) in [5.41, 5.74) is 8.96. The lowest BCUT2D eigenvalue weighted by Crippen LogP contribution is -2.37. The van der Waals surface area contributed by atoms with Crippen LogP contribution in [-0.4, -0.2) is 42.1 Å². The zero-order valence-corrected chi connectivity index (χ0v) is 11.6. The second-order valence-electron chi connectivity index (χ2n) is 5.91. The Balaban J connectivity index is 1.73. The number of pyridine rings is 1. The second-order valence-corrected chi connectivity index (χ2v) is 5.91. The molecule has 20 heavy (non-hydrogen) atoms. The molecule has 3 aliphatic heterocycles. The highest BCUT2D eigenvalue weighted by molar-refractivity contribution is 5.84. The number of benzene rings is 1. The van der Waals surface area contributed by atoms with E-state index in [0.717, 1.165) is 23.1 Å². The molecule has 5 rings (SSSR count). The maximum Gasteiger partial charge on any atom is 0.0705 e. The molecule has 4 heterocycles. The molecule has 0 saturated carbocycles. The Morgan fingerprint density at radius 3 is 2.75 bits per heavy atom. The Hall–Kier alpha value is -1.81. The van der Waals surface area contributed by atoms with E-state index in [1.54, 1.807) is 0 Å². The summed E-state index contributed by atoms with van der Waals surface area (Å²) < 4.78 is 0. The third-order valence-corrected chi connectivity index (χ3v) is 4.68. The van der Waals surface area contributed by atoms with E-state index in [-0.39, 0.29) is 0 Å². The molecule has 2 bridgehead atoms. The Labute approximate surface area is 119 Å². The first-order valence-corrected chi connectivity index (χ1v) is 7.44. The van der Waals surface area contributed by atoms with Gasteiger partial charge in [-0.1, -0.05) is 0 Å². The van der Waals surface area contributed by atoms with Crippen LogP contribution in [0.2, 0.25) is 0 Å². The average Bonchev–Trinajstić information content (AvgIpc) is 2.80. The van der Waals surface area contributed by atoms with Crippen LogP contribution in [0.25, 0.3) is 10.9 Å². The largest absolute Gasteiger partial charge is 0.399 e. The molecule has 2 aromatic rings. The minimum absolute atomic E-state index is 0.675. The van der Waals surface area contributed by atoms with Crippen molar-refractivity contribution in [1.29, 1.82) is 0 Å². The van der Waals surface area contributed by atoms with Gasteiger partial charge in [-0.15, -0.1) is 0 Å². The van der Waals surface area contributed by atoms with Gasteiger partial charge in [0.05, 0.1) is 17.4 Å². The lowest BCUT2D eigenvalue weighted by molar-refractivity contribution is 0.250. The third kappa shape index (κ3) is 2.00. The fourth-order valence-corrected chi connectivity index (χ4v) is 3.52. The standard InChI is InChI=1S/C16H20N4/c17-13-1-2-16-12(9-13)10-15(11-18-16)20-8-7-19-5-3-14(20)4-6-19/h1-2,9-11,14H,3-8,17H2. The van der Waals surface area contributed by atoms with Crippen LogP contribution in [0.1, 0.15) is 12.8 Å². The van der Waals surface area contributed by atoms with Crippen LogP contribution >= 0.6 is 0 Å². The average molecular weight is 268 g/mol. The van der Waals surface area contributed by atoms with Gasteiger partial charge in [-0.2, -0.15) is 0 Å². The zero-order chi connectivity index (χ0) is 13.5. The number of piperidine rings is 1. The third-order valence-electron chi connectivity index (χ3n) is 4.68. The Bertz CT molecular complexity index is 631. The molecule has 0 unspecified atom stereocenters. The maximum absolute atomic E-state index is 5.89. The number of aromatic nitrogens is 1. The monoisotopic (exact) mass is 268 g/mol. The van der Waals surface area contributed by atoms with Gasteiger partial charge in [-0.3, -0.25) is 4.98 Å². The summed E-state index contributed by atoms with van der Waals surface area (Å²) in [4.78, 5) is 9.72. The van der Waals surface area contributed by atoms with Gasteiger partial charge in [-0.05, 0) is 37.1 Å². The molecule has 2 N–H and O–H groups in total. The fourth-order valence-electron chi connectivity index (χ4n) is 3.52. The summed E-state index contributed by atoms with van der Waals surface area (Å²) in [5, 5.41) is 1.14. The highest BCUT2D eigenvalue weighted by Crippen LogP contribution is 2.28. The summed E-state index contributed by atoms with van der Waals surface area (Å²) in [6, 6.07) is 8.84. The number of fused-ring (bicyclic) bond motifs is 5. The van der Waals surface area contributed by atoms with Crippen molar-refractivity contribution >= 4 is 22.3 Å². The molecular weight excluding hydrogens is 248 g/mol. The summed E-state index contributed by atoms with van der Waals surface area (Å²) in [6.07, 6.45) is 4.57. The van der Waals surface area contributed by atoms with Gasteiger partial charge in [0, 0.05) is 43.3 Å². The van der Waals surface area contributed by atoms with E-state index >= 15 is 0 Å². The van der Waals surface area contributed by atoms with E-state index < -0.39 is 0 Å². The number of nitrogens with two attached hydrogens (primary N) is 1. The van der Waals surface area contributed by atoms with Gasteiger partial charge in [-0.25, -0.2) is 0 Å². The molecule has 4 heteroatoms. The molecule has 0 aliphatic carbocycles. The molecule has 0 radical (unpaired) electrons. The van der Waals surface area contributed by atoms with Gasteiger partial charge >= 0.3 is 0 Å². The van der Waals surface area contributed by atoms with Gasteiger partial charge in [0.1, 0.15) is 0 Å². The maximum atomic E-state index is 5.89.